The van der Waals surface area contributed by atoms with E-state index in [0.29, 0.717) is 0 Å². The Hall–Kier alpha value is -1.67. The van der Waals surface area contributed by atoms with Crippen molar-refractivity contribution < 1.29 is 54.5 Å². The van der Waals surface area contributed by atoms with Crippen LogP contribution in [0.4, 0.5) is 0 Å². The number of nitrogens with one attached hydrogen (secondary N) is 1. The molecule has 7 N–H and O–H groups in total. The summed E-state index contributed by atoms with van der Waals surface area (Å²) >= 11 is 0. The molecule has 0 aromatic heterocycles. The summed E-state index contributed by atoms with van der Waals surface area (Å²) in [5.74, 6) is -6.61. The Morgan fingerprint density at radius 3 is 1.90 bits per heavy atom. The molecule has 4 unspecified atom stereocenters. The molecule has 168 valence electrons. The summed E-state index contributed by atoms with van der Waals surface area (Å²) in [5, 5.41) is 65.6. The van der Waals surface area contributed by atoms with Crippen LogP contribution in [-0.4, -0.2) is 90.0 Å². The lowest BCUT2D eigenvalue weighted by atomic mass is 9.57. The van der Waals surface area contributed by atoms with Gasteiger partial charge in [-0.15, -0.1) is 0 Å². The van der Waals surface area contributed by atoms with Crippen LogP contribution in [0.2, 0.25) is 0 Å². The van der Waals surface area contributed by atoms with Crippen molar-refractivity contribution in [2.75, 3.05) is 6.61 Å². The minimum absolute atomic E-state index is 0.529. The summed E-state index contributed by atoms with van der Waals surface area (Å²) in [5.41, 5.74) is -10.5. The zero-order valence-electron chi connectivity index (χ0n) is 17.1. The topological polar surface area (TPSA) is 203 Å². The Kier molecular flexibility index (Phi) is 6.60. The van der Waals surface area contributed by atoms with E-state index < -0.39 is 64.8 Å². The van der Waals surface area contributed by atoms with Gasteiger partial charge in [-0.1, -0.05) is 13.8 Å². The molecule has 1 amide bonds. The second-order valence-corrected chi connectivity index (χ2v) is 8.10. The van der Waals surface area contributed by atoms with Crippen molar-refractivity contribution in [2.24, 2.45) is 5.41 Å². The van der Waals surface area contributed by atoms with Gasteiger partial charge >= 0.3 is 5.97 Å². The number of aliphatic hydroxyl groups is 5. The van der Waals surface area contributed by atoms with E-state index in [-0.39, 0.29) is 0 Å². The van der Waals surface area contributed by atoms with Crippen LogP contribution < -0.4 is 5.32 Å². The van der Waals surface area contributed by atoms with Crippen LogP contribution in [0.15, 0.2) is 0 Å². The number of carbonyl (C=O) groups is 3. The number of carbonyl (C=O) groups excluding carboxylic acids is 2. The molecule has 29 heavy (non-hydrogen) atoms. The fourth-order valence-electron chi connectivity index (χ4n) is 3.43. The summed E-state index contributed by atoms with van der Waals surface area (Å²) in [6.07, 6.45) is -4.59. The zero-order chi connectivity index (χ0) is 23.2. The molecule has 0 aromatic carbocycles. The molecule has 1 heterocycles. The average molecular weight is 423 g/mol. The van der Waals surface area contributed by atoms with Crippen LogP contribution in [-0.2, 0) is 23.9 Å². The van der Waals surface area contributed by atoms with Crippen LogP contribution in [0, 0.1) is 5.41 Å². The van der Waals surface area contributed by atoms with Gasteiger partial charge in [0, 0.05) is 6.92 Å². The third kappa shape index (κ3) is 3.54. The fourth-order valence-corrected chi connectivity index (χ4v) is 3.43. The van der Waals surface area contributed by atoms with Crippen molar-refractivity contribution >= 4 is 17.7 Å². The molecular formula is C17H29NO11. The lowest BCUT2D eigenvalue weighted by Crippen LogP contribution is -2.89. The first kappa shape index (κ1) is 25.4. The molecule has 6 atom stereocenters. The Balaban J connectivity index is 3.71. The molecule has 0 aromatic rings. The van der Waals surface area contributed by atoms with E-state index in [4.69, 9.17) is 9.47 Å². The highest BCUT2D eigenvalue weighted by Crippen LogP contribution is 2.57. The van der Waals surface area contributed by atoms with E-state index in [2.05, 4.69) is 0 Å². The van der Waals surface area contributed by atoms with E-state index in [1.165, 1.54) is 0 Å². The molecule has 0 saturated carbocycles. The number of ketones is 1. The number of amides is 1. The number of ether oxygens (including phenoxy) is 2. The molecule has 0 aliphatic carbocycles. The molecule has 12 heteroatoms. The van der Waals surface area contributed by atoms with Gasteiger partial charge < -0.3 is 45.4 Å². The van der Waals surface area contributed by atoms with Crippen LogP contribution in [0.5, 0.6) is 0 Å². The molecule has 1 aliphatic rings. The van der Waals surface area contributed by atoms with Crippen LogP contribution >= 0.6 is 0 Å². The van der Waals surface area contributed by atoms with Crippen molar-refractivity contribution in [1.29, 1.82) is 0 Å². The van der Waals surface area contributed by atoms with Gasteiger partial charge in [0.15, 0.2) is 23.4 Å². The third-order valence-electron chi connectivity index (χ3n) is 5.79. The number of Topliss-reactive ketones (excluding diaryl/α,β-unsaturated/α-hetero) is 1. The predicted molar refractivity (Wildman–Crippen MR) is 93.9 cm³/mol. The number of carboxylic acid groups (broad SMARTS) is 1. The Morgan fingerprint density at radius 1 is 1.03 bits per heavy atom. The molecular weight excluding hydrogens is 394 g/mol. The number of aliphatic hydroxyl groups excluding tert-OH is 2. The number of aliphatic carboxylic acids is 1. The van der Waals surface area contributed by atoms with Gasteiger partial charge in [0.1, 0.15) is 18.3 Å². The minimum atomic E-state index is -3.20. The smallest absolute Gasteiger partial charge is 0.364 e. The van der Waals surface area contributed by atoms with Gasteiger partial charge in [0.25, 0.3) is 5.79 Å². The van der Waals surface area contributed by atoms with Crippen molar-refractivity contribution in [1.82, 2.24) is 5.32 Å². The Labute approximate surface area is 167 Å². The van der Waals surface area contributed by atoms with E-state index in [1.807, 2.05) is 5.32 Å². The highest BCUT2D eigenvalue weighted by molar-refractivity contribution is 5.78. The normalized spacial score (nSPS) is 38.7. The molecule has 1 fully saturated rings. The summed E-state index contributed by atoms with van der Waals surface area (Å²) in [6, 6.07) is 0. The lowest BCUT2D eigenvalue weighted by Gasteiger charge is -2.66. The average Bonchev–Trinajstić information content (AvgIpc) is 2.56. The fraction of sp³-hybridized carbons (Fsp3) is 0.824. The first-order chi connectivity index (χ1) is 12.8. The standard InChI is InChI=1S/C17H29NO11/c1-8(19)7-28-11(22)10(21)14(5)17(27,18-9(2)20)15(6,25)13(3,4)16(26,29-14)12(23)24/h10-11,21-22,25-27H,7H2,1-6H3,(H,18,20)(H,23,24)/t10?,11?,14?,15?,16-,17-/m1/s1. The van der Waals surface area contributed by atoms with Crippen molar-refractivity contribution in [2.45, 2.75) is 76.7 Å². The van der Waals surface area contributed by atoms with E-state index in [9.17, 15) is 45.0 Å². The molecule has 1 rings (SSSR count). The highest BCUT2D eigenvalue weighted by Gasteiger charge is 2.80. The van der Waals surface area contributed by atoms with Crippen LogP contribution in [0.1, 0.15) is 41.5 Å². The highest BCUT2D eigenvalue weighted by atomic mass is 16.7. The van der Waals surface area contributed by atoms with Crippen molar-refractivity contribution in [3.05, 3.63) is 0 Å². The number of rotatable bonds is 7. The van der Waals surface area contributed by atoms with Crippen molar-refractivity contribution in [3.8, 4) is 0 Å². The van der Waals surface area contributed by atoms with Crippen molar-refractivity contribution in [3.63, 3.8) is 0 Å². The Morgan fingerprint density at radius 2 is 1.52 bits per heavy atom. The molecule has 1 saturated heterocycles. The summed E-state index contributed by atoms with van der Waals surface area (Å²) in [4.78, 5) is 34.7. The largest absolute Gasteiger partial charge is 0.477 e. The van der Waals surface area contributed by atoms with E-state index in [1.54, 1.807) is 0 Å². The van der Waals surface area contributed by atoms with E-state index >= 15 is 0 Å². The first-order valence-corrected chi connectivity index (χ1v) is 8.68. The summed E-state index contributed by atoms with van der Waals surface area (Å²) in [7, 11) is 0. The maximum atomic E-state index is 11.8. The summed E-state index contributed by atoms with van der Waals surface area (Å²) < 4.78 is 10.0. The maximum absolute atomic E-state index is 11.8. The lowest BCUT2D eigenvalue weighted by molar-refractivity contribution is -0.451. The van der Waals surface area contributed by atoms with Crippen LogP contribution in [0.3, 0.4) is 0 Å². The first-order valence-electron chi connectivity index (χ1n) is 8.68. The maximum Gasteiger partial charge on any atom is 0.364 e. The van der Waals surface area contributed by atoms with Gasteiger partial charge in [-0.3, -0.25) is 9.59 Å². The van der Waals surface area contributed by atoms with Gasteiger partial charge in [-0.2, -0.15) is 0 Å². The molecule has 0 spiro atoms. The van der Waals surface area contributed by atoms with Gasteiger partial charge in [0.2, 0.25) is 5.91 Å². The molecule has 1 aliphatic heterocycles. The minimum Gasteiger partial charge on any atom is -0.477 e. The third-order valence-corrected chi connectivity index (χ3v) is 5.79. The number of hydrogen-bond donors (Lipinski definition) is 7. The number of hydrogen-bond acceptors (Lipinski definition) is 10. The Bertz CT molecular complexity index is 693. The second-order valence-electron chi connectivity index (χ2n) is 8.10. The quantitative estimate of drug-likeness (QED) is 0.212. The number of carboxylic acids is 1. The SMILES string of the molecule is CC(=O)COC(O)C(O)C1(C)O[C@](O)(C(=O)O)C(C)(C)C(C)(O)[C@@]1(O)NC(C)=O. The molecule has 0 bridgehead atoms. The van der Waals surface area contributed by atoms with Gasteiger partial charge in [-0.25, -0.2) is 4.79 Å². The predicted octanol–water partition coefficient (Wildman–Crippen LogP) is -2.56. The molecule has 12 nitrogen and oxygen atoms in total. The van der Waals surface area contributed by atoms with Crippen LogP contribution in [0.25, 0.3) is 0 Å². The van der Waals surface area contributed by atoms with Gasteiger partial charge in [-0.05, 0) is 20.8 Å². The summed E-state index contributed by atoms with van der Waals surface area (Å²) in [6.45, 7) is 5.33. The van der Waals surface area contributed by atoms with Gasteiger partial charge in [0.05, 0.1) is 5.41 Å². The monoisotopic (exact) mass is 423 g/mol. The van der Waals surface area contributed by atoms with E-state index in [0.717, 1.165) is 41.5 Å². The second kappa shape index (κ2) is 7.54. The molecule has 0 radical (unpaired) electrons. The zero-order valence-corrected chi connectivity index (χ0v) is 17.1.